The summed E-state index contributed by atoms with van der Waals surface area (Å²) in [6, 6.07) is 14.2. The first-order valence-electron chi connectivity index (χ1n) is 17.8. The molecule has 1 aliphatic heterocycles. The minimum absolute atomic E-state index is 0.0313. The molecule has 1 fully saturated rings. The molecule has 4 amide bonds. The van der Waals surface area contributed by atoms with Crippen LogP contribution in [0.2, 0.25) is 0 Å². The van der Waals surface area contributed by atoms with Crippen LogP contribution in [-0.2, 0) is 35.1 Å². The second-order valence-corrected chi connectivity index (χ2v) is 14.2. The van der Waals surface area contributed by atoms with E-state index in [1.807, 2.05) is 48.5 Å². The number of fused-ring (bicyclic) bond motifs is 3. The first kappa shape index (κ1) is 38.9. The Hall–Kier alpha value is -5.33. The zero-order valence-electron chi connectivity index (χ0n) is 30.5. The van der Waals surface area contributed by atoms with E-state index in [2.05, 4.69) is 16.0 Å². The van der Waals surface area contributed by atoms with E-state index in [0.717, 1.165) is 34.4 Å². The number of benzene rings is 3. The molecule has 0 spiro atoms. The van der Waals surface area contributed by atoms with Crippen LogP contribution in [-0.4, -0.2) is 79.1 Å². The third-order valence-electron chi connectivity index (χ3n) is 9.80. The summed E-state index contributed by atoms with van der Waals surface area (Å²) in [5.74, 6) is -5.09. The normalized spacial score (nSPS) is 16.7. The molecule has 0 unspecified atom stereocenters. The third-order valence-corrected chi connectivity index (χ3v) is 9.80. The molecule has 3 aromatic carbocycles. The Morgan fingerprint density at radius 1 is 0.811 bits per heavy atom. The summed E-state index contributed by atoms with van der Waals surface area (Å²) in [6.45, 7) is 7.09. The Bertz CT molecular complexity index is 1790. The molecule has 0 bridgehead atoms. The van der Waals surface area contributed by atoms with Crippen molar-refractivity contribution in [3.8, 4) is 11.1 Å². The van der Waals surface area contributed by atoms with E-state index in [9.17, 15) is 32.8 Å². The van der Waals surface area contributed by atoms with Crippen molar-refractivity contribution in [3.05, 3.63) is 95.1 Å². The molecule has 11 nitrogen and oxygen atoms in total. The van der Waals surface area contributed by atoms with Crippen LogP contribution >= 0.6 is 0 Å². The van der Waals surface area contributed by atoms with Crippen molar-refractivity contribution in [2.45, 2.75) is 77.0 Å². The highest BCUT2D eigenvalue weighted by Gasteiger charge is 2.40. The van der Waals surface area contributed by atoms with Crippen molar-refractivity contribution >= 4 is 29.8 Å². The summed E-state index contributed by atoms with van der Waals surface area (Å²) in [6.07, 6.45) is -0.479. The van der Waals surface area contributed by atoms with E-state index in [4.69, 9.17) is 9.47 Å². The monoisotopic (exact) mass is 732 g/mol. The molecular formula is C40H46F2N4O7. The highest BCUT2D eigenvalue weighted by atomic mass is 19.1. The van der Waals surface area contributed by atoms with Gasteiger partial charge in [0.25, 0.3) is 0 Å². The molecular weight excluding hydrogens is 686 g/mol. The molecule has 2 aliphatic rings. The Morgan fingerprint density at radius 3 is 1.96 bits per heavy atom. The highest BCUT2D eigenvalue weighted by Crippen LogP contribution is 2.44. The van der Waals surface area contributed by atoms with Gasteiger partial charge in [0.05, 0.1) is 7.11 Å². The molecule has 4 atom stereocenters. The van der Waals surface area contributed by atoms with Crippen LogP contribution in [0.1, 0.15) is 63.1 Å². The topological polar surface area (TPSA) is 143 Å². The molecule has 3 aromatic rings. The maximum atomic E-state index is 14.2. The van der Waals surface area contributed by atoms with Crippen molar-refractivity contribution in [2.75, 3.05) is 20.3 Å². The van der Waals surface area contributed by atoms with E-state index < -0.39 is 65.6 Å². The number of carbonyl (C=O) groups excluding carboxylic acids is 5. The lowest BCUT2D eigenvalue weighted by molar-refractivity contribution is -0.147. The van der Waals surface area contributed by atoms with E-state index >= 15 is 0 Å². The van der Waals surface area contributed by atoms with Crippen LogP contribution in [0.5, 0.6) is 0 Å². The summed E-state index contributed by atoms with van der Waals surface area (Å²) in [7, 11) is 1.22. The van der Waals surface area contributed by atoms with Gasteiger partial charge in [0, 0.05) is 24.9 Å². The van der Waals surface area contributed by atoms with Crippen molar-refractivity contribution < 1.29 is 42.2 Å². The van der Waals surface area contributed by atoms with Crippen molar-refractivity contribution in [3.63, 3.8) is 0 Å². The van der Waals surface area contributed by atoms with Crippen LogP contribution in [0, 0.1) is 23.5 Å². The number of halogens is 2. The molecule has 1 aliphatic carbocycles. The number of rotatable bonds is 13. The van der Waals surface area contributed by atoms with Gasteiger partial charge in [0.15, 0.2) is 0 Å². The molecule has 5 rings (SSSR count). The Kier molecular flexibility index (Phi) is 12.5. The summed E-state index contributed by atoms with van der Waals surface area (Å²) in [4.78, 5) is 68.3. The van der Waals surface area contributed by atoms with Gasteiger partial charge in [-0.2, -0.15) is 0 Å². The number of carbonyl (C=O) groups is 5. The van der Waals surface area contributed by atoms with Crippen LogP contribution in [0.3, 0.4) is 0 Å². The van der Waals surface area contributed by atoms with Gasteiger partial charge in [0.2, 0.25) is 17.7 Å². The van der Waals surface area contributed by atoms with Crippen molar-refractivity contribution in [1.82, 2.24) is 20.9 Å². The first-order chi connectivity index (χ1) is 25.3. The molecule has 0 radical (unpaired) electrons. The number of amides is 4. The van der Waals surface area contributed by atoms with Gasteiger partial charge in [-0.3, -0.25) is 14.4 Å². The predicted octanol–water partition coefficient (Wildman–Crippen LogP) is 4.86. The second kappa shape index (κ2) is 17.0. The summed E-state index contributed by atoms with van der Waals surface area (Å²) in [5.41, 5.74) is 4.18. The molecule has 1 heterocycles. The van der Waals surface area contributed by atoms with Crippen LogP contribution < -0.4 is 16.0 Å². The standard InChI is InChI=1S/C40H46F2N4O7/c1-22(2)34(37(48)45-35(23(3)4)39(50)52-5)44-36(47)33-15-10-16-46(33)38(49)32(19-24-17-25(41)20-26(42)18-24)43-40(51)53-21-31-29-13-8-6-11-27(29)28-12-7-9-14-30(28)31/h6-9,11-14,17-18,20,22-23,31-35H,10,15-16,19,21H2,1-5H3,(H,43,51)(H,44,47)(H,45,48)/t32-,33-,34-,35-/m0/s1. The SMILES string of the molecule is COC(=O)[C@@H](NC(=O)[C@@H](NC(=O)[C@@H]1CCCN1C(=O)[C@H](Cc1cc(F)cc(F)c1)NC(=O)OCC1c2ccccc2-c2ccccc21)C(C)C)C(C)C. The fourth-order valence-corrected chi connectivity index (χ4v) is 7.10. The molecule has 53 heavy (non-hydrogen) atoms. The van der Waals surface area contributed by atoms with Gasteiger partial charge in [-0.25, -0.2) is 18.4 Å². The average molecular weight is 733 g/mol. The smallest absolute Gasteiger partial charge is 0.407 e. The molecule has 1 saturated heterocycles. The number of nitrogens with one attached hydrogen (secondary N) is 3. The number of esters is 1. The predicted molar refractivity (Wildman–Crippen MR) is 192 cm³/mol. The summed E-state index contributed by atoms with van der Waals surface area (Å²) < 4.78 is 39.0. The van der Waals surface area contributed by atoms with Crippen molar-refractivity contribution in [1.29, 1.82) is 0 Å². The molecule has 0 aromatic heterocycles. The minimum Gasteiger partial charge on any atom is -0.467 e. The maximum absolute atomic E-state index is 14.2. The first-order valence-corrected chi connectivity index (χ1v) is 17.8. The maximum Gasteiger partial charge on any atom is 0.407 e. The van der Waals surface area contributed by atoms with Gasteiger partial charge in [-0.15, -0.1) is 0 Å². The Morgan fingerprint density at radius 2 is 1.40 bits per heavy atom. The van der Waals surface area contributed by atoms with E-state index in [1.54, 1.807) is 27.7 Å². The van der Waals surface area contributed by atoms with Gasteiger partial charge < -0.3 is 30.3 Å². The summed E-state index contributed by atoms with van der Waals surface area (Å²) >= 11 is 0. The lowest BCUT2D eigenvalue weighted by Crippen LogP contribution is -2.59. The lowest BCUT2D eigenvalue weighted by atomic mass is 9.98. The third kappa shape index (κ3) is 9.01. The molecule has 0 saturated carbocycles. The Balaban J connectivity index is 1.32. The van der Waals surface area contributed by atoms with Gasteiger partial charge >= 0.3 is 12.1 Å². The minimum atomic E-state index is -1.35. The van der Waals surface area contributed by atoms with Crippen LogP contribution in [0.4, 0.5) is 13.6 Å². The second-order valence-electron chi connectivity index (χ2n) is 14.2. The average Bonchev–Trinajstić information content (AvgIpc) is 3.74. The molecule has 282 valence electrons. The number of nitrogens with zero attached hydrogens (tertiary/aromatic N) is 1. The number of ether oxygens (including phenoxy) is 2. The number of hydrogen-bond acceptors (Lipinski definition) is 7. The number of alkyl carbamates (subject to hydrolysis) is 1. The van der Waals surface area contributed by atoms with Crippen molar-refractivity contribution in [2.24, 2.45) is 11.8 Å². The van der Waals surface area contributed by atoms with Crippen LogP contribution in [0.25, 0.3) is 11.1 Å². The van der Waals surface area contributed by atoms with Gasteiger partial charge in [-0.05, 0) is 64.6 Å². The van der Waals surface area contributed by atoms with E-state index in [1.165, 1.54) is 12.0 Å². The fraction of sp³-hybridized carbons (Fsp3) is 0.425. The number of methoxy groups -OCH3 is 1. The van der Waals surface area contributed by atoms with Gasteiger partial charge in [0.1, 0.15) is 42.4 Å². The Labute approximate surface area is 307 Å². The zero-order chi connectivity index (χ0) is 38.4. The van der Waals surface area contributed by atoms with Gasteiger partial charge in [-0.1, -0.05) is 76.2 Å². The molecule has 13 heteroatoms. The van der Waals surface area contributed by atoms with E-state index in [-0.39, 0.29) is 49.3 Å². The summed E-state index contributed by atoms with van der Waals surface area (Å²) in [5, 5.41) is 8.02. The fourth-order valence-electron chi connectivity index (χ4n) is 7.10. The number of likely N-dealkylation sites (tertiary alicyclic amines) is 1. The zero-order valence-corrected chi connectivity index (χ0v) is 30.5. The highest BCUT2D eigenvalue weighted by molar-refractivity contribution is 5.95. The largest absolute Gasteiger partial charge is 0.467 e. The quantitative estimate of drug-likeness (QED) is 0.213. The lowest BCUT2D eigenvalue weighted by Gasteiger charge is -2.31. The number of hydrogen-bond donors (Lipinski definition) is 3. The van der Waals surface area contributed by atoms with Crippen LogP contribution in [0.15, 0.2) is 66.7 Å². The van der Waals surface area contributed by atoms with E-state index in [0.29, 0.717) is 12.5 Å². The molecule has 3 N–H and O–H groups in total.